The van der Waals surface area contributed by atoms with Gasteiger partial charge >= 0.3 is 5.97 Å². The van der Waals surface area contributed by atoms with Gasteiger partial charge in [0.1, 0.15) is 12.4 Å². The Kier molecular flexibility index (Phi) is 6.75. The summed E-state index contributed by atoms with van der Waals surface area (Å²) in [6, 6.07) is 17.1. The van der Waals surface area contributed by atoms with Crippen LogP contribution in [-0.4, -0.2) is 18.5 Å². The van der Waals surface area contributed by atoms with E-state index in [0.29, 0.717) is 40.9 Å². The smallest absolute Gasteiger partial charge is 0.363 e. The minimum atomic E-state index is -0.636. The number of carbonyl (C=O) groups excluding carboxylic acids is 1. The molecular weight excluding hydrogens is 445 g/mol. The Morgan fingerprint density at radius 3 is 2.61 bits per heavy atom. The molecule has 0 saturated heterocycles. The lowest BCUT2D eigenvalue weighted by Gasteiger charge is -2.14. The number of aryl methyl sites for hydroxylation is 1. The van der Waals surface area contributed by atoms with E-state index < -0.39 is 11.8 Å². The average molecular weight is 466 g/mol. The third kappa shape index (κ3) is 5.41. The molecule has 0 aromatic heterocycles. The van der Waals surface area contributed by atoms with Gasteiger partial charge in [0.2, 0.25) is 5.90 Å². The molecule has 0 bridgehead atoms. The highest BCUT2D eigenvalue weighted by molar-refractivity contribution is 6.32. The Bertz CT molecular complexity index is 1250. The third-order valence-electron chi connectivity index (χ3n) is 4.83. The molecule has 0 saturated carbocycles. The molecule has 1 aliphatic heterocycles. The molecular formula is C26H21ClFNO4. The van der Waals surface area contributed by atoms with Gasteiger partial charge in [-0.05, 0) is 61.4 Å². The van der Waals surface area contributed by atoms with Crippen LogP contribution in [0.1, 0.15) is 29.2 Å². The summed E-state index contributed by atoms with van der Waals surface area (Å²) in [7, 11) is 0. The predicted octanol–water partition coefficient (Wildman–Crippen LogP) is 6.11. The van der Waals surface area contributed by atoms with Crippen molar-refractivity contribution in [3.05, 3.63) is 99.5 Å². The van der Waals surface area contributed by atoms with Crippen LogP contribution in [0, 0.1) is 12.7 Å². The molecule has 3 aromatic rings. The summed E-state index contributed by atoms with van der Waals surface area (Å²) in [5.41, 5.74) is 3.19. The molecule has 168 valence electrons. The minimum absolute atomic E-state index is 0.0416. The standard InChI is InChI=1S/C26H21ClFNO4/c1-3-31-23-13-18(11-21(27)24(23)32-15-17-9-7-16(2)8-10-17)12-22-26(30)33-25(29-22)19-5-4-6-20(28)14-19/h4-14H,3,15H2,1-2H3/b22-12-. The van der Waals surface area contributed by atoms with Crippen molar-refractivity contribution in [1.82, 2.24) is 0 Å². The Labute approximate surface area is 196 Å². The Morgan fingerprint density at radius 2 is 1.88 bits per heavy atom. The van der Waals surface area contributed by atoms with Crippen LogP contribution in [0.25, 0.3) is 6.08 Å². The topological polar surface area (TPSA) is 57.1 Å². The summed E-state index contributed by atoms with van der Waals surface area (Å²) in [5.74, 6) is -0.176. The Morgan fingerprint density at radius 1 is 1.09 bits per heavy atom. The van der Waals surface area contributed by atoms with Crippen molar-refractivity contribution >= 4 is 29.5 Å². The van der Waals surface area contributed by atoms with E-state index in [0.717, 1.165) is 11.1 Å². The van der Waals surface area contributed by atoms with Crippen molar-refractivity contribution in [2.45, 2.75) is 20.5 Å². The third-order valence-corrected chi connectivity index (χ3v) is 5.11. The maximum atomic E-state index is 13.5. The van der Waals surface area contributed by atoms with Crippen molar-refractivity contribution in [2.75, 3.05) is 6.61 Å². The van der Waals surface area contributed by atoms with Gasteiger partial charge in [-0.25, -0.2) is 14.2 Å². The highest BCUT2D eigenvalue weighted by atomic mass is 35.5. The van der Waals surface area contributed by atoms with Crippen molar-refractivity contribution < 1.29 is 23.4 Å². The number of carbonyl (C=O) groups is 1. The minimum Gasteiger partial charge on any atom is -0.490 e. The van der Waals surface area contributed by atoms with E-state index in [2.05, 4.69) is 4.99 Å². The summed E-state index contributed by atoms with van der Waals surface area (Å²) < 4.78 is 30.4. The van der Waals surface area contributed by atoms with E-state index in [9.17, 15) is 9.18 Å². The number of halogens is 2. The molecule has 0 N–H and O–H groups in total. The summed E-state index contributed by atoms with van der Waals surface area (Å²) in [6.07, 6.45) is 1.53. The quantitative estimate of drug-likeness (QED) is 0.312. The number of benzene rings is 3. The van der Waals surface area contributed by atoms with Crippen LogP contribution in [0.5, 0.6) is 11.5 Å². The molecule has 1 aliphatic rings. The largest absolute Gasteiger partial charge is 0.490 e. The molecule has 1 heterocycles. The lowest BCUT2D eigenvalue weighted by atomic mass is 10.1. The fourth-order valence-corrected chi connectivity index (χ4v) is 3.50. The Balaban J connectivity index is 1.61. The molecule has 0 amide bonds. The van der Waals surface area contributed by atoms with Crippen molar-refractivity contribution in [3.8, 4) is 11.5 Å². The number of esters is 1. The second-order valence-corrected chi connectivity index (χ2v) is 7.79. The first kappa shape index (κ1) is 22.6. The van der Waals surface area contributed by atoms with E-state index in [1.54, 1.807) is 18.2 Å². The molecule has 0 radical (unpaired) electrons. The average Bonchev–Trinajstić information content (AvgIpc) is 3.15. The van der Waals surface area contributed by atoms with Crippen LogP contribution in [0.15, 0.2) is 71.4 Å². The van der Waals surface area contributed by atoms with Crippen molar-refractivity contribution in [2.24, 2.45) is 4.99 Å². The SMILES string of the molecule is CCOc1cc(/C=C2\N=C(c3cccc(F)c3)OC2=O)cc(Cl)c1OCc1ccc(C)cc1. The van der Waals surface area contributed by atoms with Crippen LogP contribution >= 0.6 is 11.6 Å². The lowest BCUT2D eigenvalue weighted by molar-refractivity contribution is -0.129. The van der Waals surface area contributed by atoms with Crippen LogP contribution < -0.4 is 9.47 Å². The van der Waals surface area contributed by atoms with Gasteiger partial charge in [0.05, 0.1) is 11.6 Å². The molecule has 0 fully saturated rings. The van der Waals surface area contributed by atoms with Gasteiger partial charge in [-0.15, -0.1) is 0 Å². The van der Waals surface area contributed by atoms with Crippen molar-refractivity contribution in [1.29, 1.82) is 0 Å². The molecule has 5 nitrogen and oxygen atoms in total. The number of aliphatic imine (C=N–C) groups is 1. The monoisotopic (exact) mass is 465 g/mol. The first-order valence-electron chi connectivity index (χ1n) is 10.4. The van der Waals surface area contributed by atoms with Gasteiger partial charge in [-0.2, -0.15) is 0 Å². The summed E-state index contributed by atoms with van der Waals surface area (Å²) in [6.45, 7) is 4.61. The normalized spacial score (nSPS) is 14.2. The fraction of sp³-hybridized carbons (Fsp3) is 0.154. The van der Waals surface area contributed by atoms with Gasteiger partial charge in [0.25, 0.3) is 0 Å². The van der Waals surface area contributed by atoms with Gasteiger partial charge in [0.15, 0.2) is 17.2 Å². The lowest BCUT2D eigenvalue weighted by Crippen LogP contribution is -2.05. The van der Waals surface area contributed by atoms with Crippen molar-refractivity contribution in [3.63, 3.8) is 0 Å². The van der Waals surface area contributed by atoms with Crippen LogP contribution in [-0.2, 0) is 16.1 Å². The van der Waals surface area contributed by atoms with E-state index in [1.807, 2.05) is 38.1 Å². The van der Waals surface area contributed by atoms with Crippen LogP contribution in [0.2, 0.25) is 5.02 Å². The van der Waals surface area contributed by atoms with Crippen LogP contribution in [0.3, 0.4) is 0 Å². The maximum absolute atomic E-state index is 13.5. The zero-order chi connectivity index (χ0) is 23.4. The molecule has 7 heteroatoms. The molecule has 0 unspecified atom stereocenters. The van der Waals surface area contributed by atoms with E-state index in [4.69, 9.17) is 25.8 Å². The zero-order valence-corrected chi connectivity index (χ0v) is 18.9. The number of cyclic esters (lactones) is 1. The molecule has 0 aliphatic carbocycles. The molecule has 33 heavy (non-hydrogen) atoms. The number of nitrogens with zero attached hydrogens (tertiary/aromatic N) is 1. The fourth-order valence-electron chi connectivity index (χ4n) is 3.23. The molecule has 0 spiro atoms. The van der Waals surface area contributed by atoms with Gasteiger partial charge in [-0.3, -0.25) is 0 Å². The number of ether oxygens (including phenoxy) is 3. The molecule has 4 rings (SSSR count). The van der Waals surface area contributed by atoms with Gasteiger partial charge < -0.3 is 14.2 Å². The summed E-state index contributed by atoms with van der Waals surface area (Å²) >= 11 is 6.50. The summed E-state index contributed by atoms with van der Waals surface area (Å²) in [4.78, 5) is 16.5. The maximum Gasteiger partial charge on any atom is 0.363 e. The second-order valence-electron chi connectivity index (χ2n) is 7.38. The van der Waals surface area contributed by atoms with Gasteiger partial charge in [0, 0.05) is 5.56 Å². The van der Waals surface area contributed by atoms with E-state index in [-0.39, 0.29) is 11.6 Å². The highest BCUT2D eigenvalue weighted by Crippen LogP contribution is 2.38. The highest BCUT2D eigenvalue weighted by Gasteiger charge is 2.25. The van der Waals surface area contributed by atoms with Gasteiger partial charge in [-0.1, -0.05) is 47.5 Å². The van der Waals surface area contributed by atoms with E-state index >= 15 is 0 Å². The second kappa shape index (κ2) is 9.88. The number of rotatable bonds is 7. The Hall–Kier alpha value is -3.64. The van der Waals surface area contributed by atoms with E-state index in [1.165, 1.54) is 24.3 Å². The first-order chi connectivity index (χ1) is 15.9. The van der Waals surface area contributed by atoms with Crippen LogP contribution in [0.4, 0.5) is 4.39 Å². The molecule has 0 atom stereocenters. The number of hydrogen-bond acceptors (Lipinski definition) is 5. The predicted molar refractivity (Wildman–Crippen MR) is 125 cm³/mol. The molecule has 3 aromatic carbocycles. The zero-order valence-electron chi connectivity index (χ0n) is 18.1. The number of hydrogen-bond donors (Lipinski definition) is 0. The first-order valence-corrected chi connectivity index (χ1v) is 10.7. The summed E-state index contributed by atoms with van der Waals surface area (Å²) in [5, 5.41) is 0.334.